The molecule has 7 heteroatoms. The van der Waals surface area contributed by atoms with Crippen molar-refractivity contribution in [3.63, 3.8) is 0 Å². The van der Waals surface area contributed by atoms with Crippen LogP contribution in [0.2, 0.25) is 6.32 Å². The fraction of sp³-hybridized carbons (Fsp3) is 0.333. The monoisotopic (exact) mass is 417 g/mol. The highest BCUT2D eigenvalue weighted by Crippen LogP contribution is 2.22. The Labute approximate surface area is 184 Å². The Hall–Kier alpha value is -3.22. The predicted molar refractivity (Wildman–Crippen MR) is 127 cm³/mol. The summed E-state index contributed by atoms with van der Waals surface area (Å²) < 4.78 is 5.60. The van der Waals surface area contributed by atoms with E-state index in [2.05, 4.69) is 35.0 Å². The molecule has 1 atom stereocenters. The molecule has 160 valence electrons. The third-order valence-corrected chi connectivity index (χ3v) is 5.31. The van der Waals surface area contributed by atoms with Crippen LogP contribution in [-0.4, -0.2) is 50.9 Å². The molecule has 2 aromatic rings. The first-order valence-corrected chi connectivity index (χ1v) is 10.6. The van der Waals surface area contributed by atoms with Crippen LogP contribution in [0, 0.1) is 0 Å². The molecule has 6 nitrogen and oxygen atoms in total. The van der Waals surface area contributed by atoms with Crippen LogP contribution < -0.4 is 15.8 Å². The van der Waals surface area contributed by atoms with Crippen molar-refractivity contribution in [1.82, 2.24) is 10.2 Å². The standard InChI is InChI=1S/C24H28BN3O3/c1-3-27(4-2)21-11-8-18-15-19(24(30)31-22(18)16-21)9-10-20-7-5-6-13-28(20)14-12-26-23(29)17-25/h5-11,13,15-16,20H,3-4,12,14,17H2,1-2H3,(H,26,29)/b10-9+. The van der Waals surface area contributed by atoms with E-state index in [9.17, 15) is 9.59 Å². The number of fused-ring (bicyclic) bond motifs is 1. The van der Waals surface area contributed by atoms with Crippen LogP contribution in [0.15, 0.2) is 64.0 Å². The summed E-state index contributed by atoms with van der Waals surface area (Å²) in [6.07, 6.45) is 11.6. The molecule has 1 aromatic carbocycles. The maximum Gasteiger partial charge on any atom is 0.343 e. The molecule has 2 radical (unpaired) electrons. The average molecular weight is 417 g/mol. The number of nitrogens with one attached hydrogen (secondary N) is 1. The second-order valence-corrected chi connectivity index (χ2v) is 7.25. The highest BCUT2D eigenvalue weighted by Gasteiger charge is 2.12. The molecule has 3 rings (SSSR count). The number of carbonyl (C=O) groups is 1. The Balaban J connectivity index is 1.76. The van der Waals surface area contributed by atoms with E-state index in [0.29, 0.717) is 24.2 Å². The van der Waals surface area contributed by atoms with Crippen molar-refractivity contribution in [1.29, 1.82) is 0 Å². The van der Waals surface area contributed by atoms with Gasteiger partial charge in [0.1, 0.15) is 5.58 Å². The molecule has 0 aliphatic carbocycles. The van der Waals surface area contributed by atoms with Crippen LogP contribution in [0.4, 0.5) is 5.69 Å². The first kappa shape index (κ1) is 22.5. The van der Waals surface area contributed by atoms with Gasteiger partial charge in [-0.15, -0.1) is 0 Å². The largest absolute Gasteiger partial charge is 0.422 e. The normalized spacial score (nSPS) is 15.7. The molecule has 0 saturated heterocycles. The Bertz CT molecular complexity index is 1050. The summed E-state index contributed by atoms with van der Waals surface area (Å²) in [5, 5.41) is 3.65. The predicted octanol–water partition coefficient (Wildman–Crippen LogP) is 3.11. The molecular weight excluding hydrogens is 389 g/mol. The van der Waals surface area contributed by atoms with Crippen molar-refractivity contribution in [3.05, 3.63) is 70.8 Å². The summed E-state index contributed by atoms with van der Waals surface area (Å²) in [6, 6.07) is 7.79. The Kier molecular flexibility index (Phi) is 7.76. The number of carbonyl (C=O) groups excluding carboxylic acids is 1. The van der Waals surface area contributed by atoms with Crippen LogP contribution in [0.1, 0.15) is 19.4 Å². The van der Waals surface area contributed by atoms with Crippen molar-refractivity contribution in [2.75, 3.05) is 31.1 Å². The Morgan fingerprint density at radius 3 is 2.81 bits per heavy atom. The zero-order chi connectivity index (χ0) is 22.2. The van der Waals surface area contributed by atoms with Crippen LogP contribution in [-0.2, 0) is 4.79 Å². The van der Waals surface area contributed by atoms with Gasteiger partial charge in [-0.25, -0.2) is 4.79 Å². The summed E-state index contributed by atoms with van der Waals surface area (Å²) in [7, 11) is 5.32. The van der Waals surface area contributed by atoms with E-state index in [1.165, 1.54) is 0 Å². The minimum atomic E-state index is -0.363. The Morgan fingerprint density at radius 2 is 2.06 bits per heavy atom. The summed E-state index contributed by atoms with van der Waals surface area (Å²) in [5.41, 5.74) is 1.77. The molecule has 1 amide bonds. The maximum absolute atomic E-state index is 12.6. The van der Waals surface area contributed by atoms with Gasteiger partial charge >= 0.3 is 5.63 Å². The van der Waals surface area contributed by atoms with E-state index in [4.69, 9.17) is 12.3 Å². The number of rotatable bonds is 9. The minimum Gasteiger partial charge on any atom is -0.422 e. The maximum atomic E-state index is 12.6. The molecule has 1 N–H and O–H groups in total. The van der Waals surface area contributed by atoms with Crippen LogP contribution in [0.5, 0.6) is 0 Å². The van der Waals surface area contributed by atoms with Gasteiger partial charge in [-0.3, -0.25) is 4.79 Å². The van der Waals surface area contributed by atoms with E-state index >= 15 is 0 Å². The van der Waals surface area contributed by atoms with Crippen LogP contribution >= 0.6 is 0 Å². The van der Waals surface area contributed by atoms with Gasteiger partial charge in [0.15, 0.2) is 0 Å². The fourth-order valence-electron chi connectivity index (χ4n) is 3.56. The molecule has 0 spiro atoms. The summed E-state index contributed by atoms with van der Waals surface area (Å²) in [6.45, 7) is 7.10. The van der Waals surface area contributed by atoms with Gasteiger partial charge in [-0.1, -0.05) is 18.2 Å². The zero-order valence-electron chi connectivity index (χ0n) is 18.1. The van der Waals surface area contributed by atoms with Crippen molar-refractivity contribution < 1.29 is 9.21 Å². The summed E-state index contributed by atoms with van der Waals surface area (Å²) >= 11 is 0. The molecule has 2 heterocycles. The van der Waals surface area contributed by atoms with Gasteiger partial charge in [0.25, 0.3) is 0 Å². The van der Waals surface area contributed by atoms with Crippen molar-refractivity contribution in [2.24, 2.45) is 0 Å². The molecule has 0 fully saturated rings. The van der Waals surface area contributed by atoms with Gasteiger partial charge in [0, 0.05) is 43.3 Å². The van der Waals surface area contributed by atoms with Crippen molar-refractivity contribution in [2.45, 2.75) is 26.2 Å². The first-order valence-electron chi connectivity index (χ1n) is 10.6. The number of nitrogens with zero attached hydrogens (tertiary/aromatic N) is 2. The highest BCUT2D eigenvalue weighted by atomic mass is 16.4. The van der Waals surface area contributed by atoms with E-state index in [1.54, 1.807) is 6.08 Å². The number of anilines is 1. The fourth-order valence-corrected chi connectivity index (χ4v) is 3.56. The van der Waals surface area contributed by atoms with Gasteiger partial charge in [-0.05, 0) is 56.7 Å². The molecule has 0 bridgehead atoms. The molecule has 1 aromatic heterocycles. The van der Waals surface area contributed by atoms with E-state index in [-0.39, 0.29) is 23.9 Å². The van der Waals surface area contributed by atoms with E-state index in [0.717, 1.165) is 24.2 Å². The summed E-state index contributed by atoms with van der Waals surface area (Å²) in [4.78, 5) is 28.2. The van der Waals surface area contributed by atoms with Gasteiger partial charge in [0.2, 0.25) is 5.91 Å². The third kappa shape index (κ3) is 5.69. The topological polar surface area (TPSA) is 65.8 Å². The van der Waals surface area contributed by atoms with E-state index < -0.39 is 0 Å². The number of amides is 1. The van der Waals surface area contributed by atoms with E-state index in [1.807, 2.05) is 48.7 Å². The van der Waals surface area contributed by atoms with Gasteiger partial charge < -0.3 is 19.5 Å². The van der Waals surface area contributed by atoms with Crippen molar-refractivity contribution in [3.8, 4) is 0 Å². The molecule has 1 aliphatic rings. The average Bonchev–Trinajstić information content (AvgIpc) is 2.79. The second-order valence-electron chi connectivity index (χ2n) is 7.25. The van der Waals surface area contributed by atoms with Crippen LogP contribution in [0.25, 0.3) is 17.0 Å². The quantitative estimate of drug-likeness (QED) is 0.502. The number of allylic oxidation sites excluding steroid dienone is 2. The lowest BCUT2D eigenvalue weighted by molar-refractivity contribution is -0.118. The minimum absolute atomic E-state index is 0.0206. The lowest BCUT2D eigenvalue weighted by Gasteiger charge is -2.28. The third-order valence-electron chi connectivity index (χ3n) is 5.31. The number of hydrogen-bond donors (Lipinski definition) is 1. The number of benzene rings is 1. The lowest BCUT2D eigenvalue weighted by atomic mass is 10.1. The molecule has 0 saturated carbocycles. The van der Waals surface area contributed by atoms with Gasteiger partial charge in [0.05, 0.1) is 19.5 Å². The smallest absolute Gasteiger partial charge is 0.343 e. The first-order chi connectivity index (χ1) is 15.0. The summed E-state index contributed by atoms with van der Waals surface area (Å²) in [5.74, 6) is -0.179. The molecule has 1 aliphatic heterocycles. The second kappa shape index (κ2) is 10.7. The molecule has 1 unspecified atom stereocenters. The highest BCUT2D eigenvalue weighted by molar-refractivity contribution is 6.19. The Morgan fingerprint density at radius 1 is 1.26 bits per heavy atom. The number of hydrogen-bond acceptors (Lipinski definition) is 5. The van der Waals surface area contributed by atoms with Crippen molar-refractivity contribution >= 4 is 36.5 Å². The SMILES string of the molecule is [B]CC(=O)NCCN1C=CC=CC1/C=C/c1cc2ccc(N(CC)CC)cc2oc1=O. The lowest BCUT2D eigenvalue weighted by Crippen LogP contribution is -2.37. The molecular formula is C24H28BN3O3. The zero-order valence-corrected chi connectivity index (χ0v) is 18.1. The van der Waals surface area contributed by atoms with Crippen LogP contribution in [0.3, 0.4) is 0 Å². The van der Waals surface area contributed by atoms with Gasteiger partial charge in [-0.2, -0.15) is 0 Å². The molecule has 31 heavy (non-hydrogen) atoms.